The Kier molecular flexibility index (Phi) is 6.21. The van der Waals surface area contributed by atoms with Crippen LogP contribution in [0.1, 0.15) is 49.9 Å². The topological polar surface area (TPSA) is 3.24 Å². The first-order valence-electron chi connectivity index (χ1n) is 17.6. The van der Waals surface area contributed by atoms with Gasteiger partial charge >= 0.3 is 0 Å². The quantitative estimate of drug-likeness (QED) is 0.182. The summed E-state index contributed by atoms with van der Waals surface area (Å²) in [6, 6.07) is 56.8. The number of fused-ring (bicyclic) bond motifs is 9. The van der Waals surface area contributed by atoms with Crippen LogP contribution in [0.3, 0.4) is 0 Å². The maximum absolute atomic E-state index is 2.51. The Morgan fingerprint density at radius 1 is 0.420 bits per heavy atom. The molecule has 50 heavy (non-hydrogen) atoms. The van der Waals surface area contributed by atoms with E-state index in [4.69, 9.17) is 0 Å². The molecule has 1 aromatic heterocycles. The second kappa shape index (κ2) is 10.5. The number of anilines is 3. The first kappa shape index (κ1) is 29.5. The molecule has 0 bridgehead atoms. The fraction of sp³-hybridized carbons (Fsp3) is 0.125. The fourth-order valence-electron chi connectivity index (χ4n) is 8.93. The van der Waals surface area contributed by atoms with E-state index in [2.05, 4.69) is 184 Å². The van der Waals surface area contributed by atoms with Crippen LogP contribution >= 0.6 is 11.3 Å². The van der Waals surface area contributed by atoms with Gasteiger partial charge in [-0.05, 0) is 92.5 Å². The number of thiophene rings is 1. The molecule has 0 unspecified atom stereocenters. The summed E-state index contributed by atoms with van der Waals surface area (Å²) < 4.78 is 2.66. The minimum atomic E-state index is -0.0873. The Morgan fingerprint density at radius 2 is 1.04 bits per heavy atom. The number of hydrogen-bond donors (Lipinski definition) is 0. The Morgan fingerprint density at radius 3 is 1.90 bits per heavy atom. The molecular formula is C48H37NS. The summed E-state index contributed by atoms with van der Waals surface area (Å²) >= 11 is 1.88. The molecular weight excluding hydrogens is 623 g/mol. The van der Waals surface area contributed by atoms with Crippen molar-refractivity contribution in [1.82, 2.24) is 0 Å². The molecule has 0 aliphatic heterocycles. The normalized spacial score (nSPS) is 14.7. The van der Waals surface area contributed by atoms with Crippen molar-refractivity contribution >= 4 is 48.6 Å². The third kappa shape index (κ3) is 4.12. The van der Waals surface area contributed by atoms with E-state index in [0.29, 0.717) is 0 Å². The van der Waals surface area contributed by atoms with Gasteiger partial charge in [-0.2, -0.15) is 0 Å². The molecule has 2 aliphatic carbocycles. The molecule has 0 saturated heterocycles. The molecule has 0 N–H and O–H groups in total. The largest absolute Gasteiger partial charge is 0.310 e. The van der Waals surface area contributed by atoms with Gasteiger partial charge in [-0.3, -0.25) is 0 Å². The Bertz CT molecular complexity index is 2670. The van der Waals surface area contributed by atoms with Gasteiger partial charge < -0.3 is 4.90 Å². The summed E-state index contributed by atoms with van der Waals surface area (Å²) in [5.41, 5.74) is 16.7. The monoisotopic (exact) mass is 659 g/mol. The van der Waals surface area contributed by atoms with Crippen LogP contribution in [0.5, 0.6) is 0 Å². The van der Waals surface area contributed by atoms with E-state index >= 15 is 0 Å². The third-order valence-electron chi connectivity index (χ3n) is 11.5. The fourth-order valence-corrected chi connectivity index (χ4v) is 10.1. The van der Waals surface area contributed by atoms with E-state index in [9.17, 15) is 0 Å². The van der Waals surface area contributed by atoms with Gasteiger partial charge in [-0.15, -0.1) is 11.3 Å². The van der Waals surface area contributed by atoms with Crippen LogP contribution in [0, 0.1) is 0 Å². The number of benzene rings is 7. The molecule has 0 radical (unpaired) electrons. The molecule has 1 heterocycles. The smallest absolute Gasteiger partial charge is 0.0543 e. The van der Waals surface area contributed by atoms with Crippen molar-refractivity contribution in [2.24, 2.45) is 0 Å². The predicted molar refractivity (Wildman–Crippen MR) is 215 cm³/mol. The summed E-state index contributed by atoms with van der Waals surface area (Å²) in [6.07, 6.45) is 0. The molecule has 10 rings (SSSR count). The highest BCUT2D eigenvalue weighted by molar-refractivity contribution is 7.25. The zero-order valence-electron chi connectivity index (χ0n) is 28.8. The highest BCUT2D eigenvalue weighted by Gasteiger charge is 2.39. The lowest BCUT2D eigenvalue weighted by Gasteiger charge is -2.30. The van der Waals surface area contributed by atoms with Crippen LogP contribution in [0.2, 0.25) is 0 Å². The molecule has 2 heteroatoms. The van der Waals surface area contributed by atoms with Crippen LogP contribution in [0.25, 0.3) is 53.6 Å². The van der Waals surface area contributed by atoms with Gasteiger partial charge in [0.25, 0.3) is 0 Å². The van der Waals surface area contributed by atoms with Crippen LogP contribution < -0.4 is 4.90 Å². The lowest BCUT2D eigenvalue weighted by Crippen LogP contribution is -2.16. The van der Waals surface area contributed by atoms with Crippen LogP contribution in [-0.4, -0.2) is 0 Å². The number of nitrogens with zero attached hydrogens (tertiary/aromatic N) is 1. The maximum Gasteiger partial charge on any atom is 0.0543 e. The highest BCUT2D eigenvalue weighted by Crippen LogP contribution is 2.55. The Hall–Kier alpha value is -5.44. The molecule has 0 fully saturated rings. The summed E-state index contributed by atoms with van der Waals surface area (Å²) in [5.74, 6) is 0. The van der Waals surface area contributed by atoms with Crippen molar-refractivity contribution in [2.45, 2.75) is 38.5 Å². The van der Waals surface area contributed by atoms with Gasteiger partial charge in [-0.1, -0.05) is 137 Å². The molecule has 0 atom stereocenters. The Labute approximate surface area is 298 Å². The minimum absolute atomic E-state index is 0.0442. The first-order valence-corrected chi connectivity index (χ1v) is 18.4. The van der Waals surface area contributed by atoms with Crippen molar-refractivity contribution in [1.29, 1.82) is 0 Å². The van der Waals surface area contributed by atoms with Gasteiger partial charge in [0, 0.05) is 47.9 Å². The third-order valence-corrected chi connectivity index (χ3v) is 12.6. The molecule has 8 aromatic rings. The van der Waals surface area contributed by atoms with Gasteiger partial charge in [0.05, 0.1) is 5.69 Å². The average molecular weight is 660 g/mol. The molecule has 240 valence electrons. The number of hydrogen-bond acceptors (Lipinski definition) is 2. The van der Waals surface area contributed by atoms with Crippen molar-refractivity contribution < 1.29 is 0 Å². The van der Waals surface area contributed by atoms with E-state index in [0.717, 1.165) is 5.69 Å². The molecule has 0 amide bonds. The van der Waals surface area contributed by atoms with Crippen molar-refractivity contribution in [3.05, 3.63) is 174 Å². The van der Waals surface area contributed by atoms with E-state index in [1.54, 1.807) is 0 Å². The van der Waals surface area contributed by atoms with Crippen molar-refractivity contribution in [2.75, 3.05) is 4.90 Å². The maximum atomic E-state index is 2.51. The zero-order chi connectivity index (χ0) is 33.8. The molecule has 0 saturated carbocycles. The molecule has 2 aliphatic rings. The van der Waals surface area contributed by atoms with E-state index in [1.807, 2.05) is 11.3 Å². The average Bonchev–Trinajstić information content (AvgIpc) is 3.71. The van der Waals surface area contributed by atoms with Crippen LogP contribution in [0.15, 0.2) is 152 Å². The molecule has 7 aromatic carbocycles. The van der Waals surface area contributed by atoms with Crippen LogP contribution in [0.4, 0.5) is 17.1 Å². The standard InChI is InChI=1S/C48H37NS/c1-47(2)39-18-8-5-15-34(39)38-29-33(24-26-41(38)47)49(43-21-12-20-42-46(43)37-17-6-9-19-40(37)48(42,3)4)32-14-11-13-30(27-32)31-23-25-36-35-16-7-10-22-44(35)50-45(36)28-31/h5-29H,1-4H3. The highest BCUT2D eigenvalue weighted by atomic mass is 32.1. The van der Waals surface area contributed by atoms with Gasteiger partial charge in [0.15, 0.2) is 0 Å². The van der Waals surface area contributed by atoms with E-state index < -0.39 is 0 Å². The second-order valence-corrected chi connectivity index (χ2v) is 16.0. The Balaban J connectivity index is 1.20. The molecule has 0 spiro atoms. The summed E-state index contributed by atoms with van der Waals surface area (Å²) in [4.78, 5) is 2.51. The summed E-state index contributed by atoms with van der Waals surface area (Å²) in [5, 5.41) is 2.66. The van der Waals surface area contributed by atoms with Crippen LogP contribution in [-0.2, 0) is 10.8 Å². The van der Waals surface area contributed by atoms with Crippen molar-refractivity contribution in [3.8, 4) is 33.4 Å². The number of rotatable bonds is 4. The van der Waals surface area contributed by atoms with Gasteiger partial charge in [-0.25, -0.2) is 0 Å². The van der Waals surface area contributed by atoms with E-state index in [1.165, 1.54) is 87.2 Å². The summed E-state index contributed by atoms with van der Waals surface area (Å²) in [7, 11) is 0. The lowest BCUT2D eigenvalue weighted by atomic mass is 9.82. The van der Waals surface area contributed by atoms with Gasteiger partial charge in [0.1, 0.15) is 0 Å². The van der Waals surface area contributed by atoms with Gasteiger partial charge in [0.2, 0.25) is 0 Å². The zero-order valence-corrected chi connectivity index (χ0v) is 29.6. The SMILES string of the molecule is CC1(C)c2ccccc2-c2cc(N(c3cccc(-c4ccc5c(c4)sc4ccccc45)c3)c3cccc4c3-c3ccccc3C4(C)C)ccc21. The summed E-state index contributed by atoms with van der Waals surface area (Å²) in [6.45, 7) is 9.44. The first-order chi connectivity index (χ1) is 24.3. The van der Waals surface area contributed by atoms with E-state index in [-0.39, 0.29) is 10.8 Å². The van der Waals surface area contributed by atoms with Crippen molar-refractivity contribution in [3.63, 3.8) is 0 Å². The molecule has 1 nitrogen and oxygen atoms in total. The minimum Gasteiger partial charge on any atom is -0.310 e. The predicted octanol–water partition coefficient (Wildman–Crippen LogP) is 13.8. The second-order valence-electron chi connectivity index (χ2n) is 15.0. The lowest BCUT2D eigenvalue weighted by molar-refractivity contribution is 0.660.